The van der Waals surface area contributed by atoms with Gasteiger partial charge in [0.15, 0.2) is 5.43 Å². The van der Waals surface area contributed by atoms with Crippen LogP contribution in [0, 0.1) is 6.92 Å². The molecule has 2 heterocycles. The number of aromatic nitrogens is 3. The molecule has 0 aliphatic heterocycles. The smallest absolute Gasteiger partial charge is 0.264 e. The molecule has 3 N–H and O–H groups in total. The molecule has 2 rings (SSSR count). The number of pyridine rings is 1. The number of nitrogens with zero attached hydrogens (tertiary/aromatic N) is 2. The van der Waals surface area contributed by atoms with Gasteiger partial charge >= 0.3 is 0 Å². The minimum Gasteiger partial charge on any atom is -0.365 e. The molecule has 0 saturated heterocycles. The van der Waals surface area contributed by atoms with Gasteiger partial charge in [-0.05, 0) is 12.1 Å². The topological polar surface area (TPSA) is 97.8 Å². The zero-order valence-corrected chi connectivity index (χ0v) is 7.44. The summed E-state index contributed by atoms with van der Waals surface area (Å²) in [5.74, 6) is 0.142. The number of aromatic amines is 1. The predicted octanol–water partition coefficient (Wildman–Crippen LogP) is 0.316. The Morgan fingerprint density at radius 1 is 1.57 bits per heavy atom. The van der Waals surface area contributed by atoms with Crippen molar-refractivity contribution in [3.8, 4) is 11.5 Å². The van der Waals surface area contributed by atoms with Crippen LogP contribution in [0.15, 0.2) is 21.6 Å². The minimum atomic E-state index is -0.176. The number of nitrogens with two attached hydrogens (primary N) is 1. The Kier molecular flexibility index (Phi) is 1.81. The van der Waals surface area contributed by atoms with E-state index < -0.39 is 0 Å². The second-order valence-electron chi connectivity index (χ2n) is 2.85. The van der Waals surface area contributed by atoms with Crippen molar-refractivity contribution < 1.29 is 4.52 Å². The van der Waals surface area contributed by atoms with Crippen LogP contribution >= 0.6 is 0 Å². The molecule has 0 unspecified atom stereocenters. The van der Waals surface area contributed by atoms with Gasteiger partial charge in [0.05, 0.1) is 0 Å². The first-order chi connectivity index (χ1) is 6.66. The standard InChI is InChI=1S/C8H8N4O2/c1-4-2-6(13)5(3-10-4)7-11-8(9)12-14-7/h2-3H,1H3,(H2,9,12)(H,10,13). The van der Waals surface area contributed by atoms with Crippen molar-refractivity contribution in [1.82, 2.24) is 15.1 Å². The summed E-state index contributed by atoms with van der Waals surface area (Å²) < 4.78 is 4.76. The highest BCUT2D eigenvalue weighted by atomic mass is 16.5. The third-order valence-corrected chi connectivity index (χ3v) is 1.73. The van der Waals surface area contributed by atoms with Crippen molar-refractivity contribution in [2.24, 2.45) is 0 Å². The Hall–Kier alpha value is -2.11. The number of nitrogen functional groups attached to an aromatic ring is 1. The maximum Gasteiger partial charge on any atom is 0.264 e. The van der Waals surface area contributed by atoms with Crippen LogP contribution in [0.25, 0.3) is 11.5 Å². The van der Waals surface area contributed by atoms with Gasteiger partial charge in [0, 0.05) is 18.0 Å². The van der Waals surface area contributed by atoms with Crippen molar-refractivity contribution in [1.29, 1.82) is 0 Å². The van der Waals surface area contributed by atoms with E-state index in [0.717, 1.165) is 5.69 Å². The van der Waals surface area contributed by atoms with Crippen LogP contribution in [-0.2, 0) is 0 Å². The lowest BCUT2D eigenvalue weighted by Gasteiger charge is -1.94. The molecule has 0 bridgehead atoms. The van der Waals surface area contributed by atoms with E-state index in [4.69, 9.17) is 10.3 Å². The number of rotatable bonds is 1. The van der Waals surface area contributed by atoms with Gasteiger partial charge in [-0.1, -0.05) is 0 Å². The van der Waals surface area contributed by atoms with Crippen LogP contribution in [0.1, 0.15) is 5.69 Å². The number of hydrogen-bond donors (Lipinski definition) is 2. The normalized spacial score (nSPS) is 10.4. The highest BCUT2D eigenvalue weighted by molar-refractivity contribution is 5.52. The number of aryl methyl sites for hydroxylation is 1. The van der Waals surface area contributed by atoms with E-state index in [2.05, 4.69) is 15.1 Å². The van der Waals surface area contributed by atoms with Gasteiger partial charge in [0.1, 0.15) is 5.56 Å². The van der Waals surface area contributed by atoms with E-state index in [0.29, 0.717) is 5.56 Å². The molecule has 0 fully saturated rings. The molecule has 2 aromatic heterocycles. The Bertz CT molecular complexity index is 514. The van der Waals surface area contributed by atoms with E-state index in [1.807, 2.05) is 0 Å². The lowest BCUT2D eigenvalue weighted by molar-refractivity contribution is 0.432. The summed E-state index contributed by atoms with van der Waals surface area (Å²) in [6.45, 7) is 1.79. The van der Waals surface area contributed by atoms with E-state index in [-0.39, 0.29) is 17.3 Å². The number of H-pyrrole nitrogens is 1. The molecule has 0 atom stereocenters. The zero-order valence-electron chi connectivity index (χ0n) is 7.44. The van der Waals surface area contributed by atoms with E-state index in [1.54, 1.807) is 6.92 Å². The molecule has 0 aliphatic carbocycles. The third-order valence-electron chi connectivity index (χ3n) is 1.73. The fourth-order valence-electron chi connectivity index (χ4n) is 1.08. The minimum absolute atomic E-state index is 0.0139. The largest absolute Gasteiger partial charge is 0.365 e. The Morgan fingerprint density at radius 2 is 2.36 bits per heavy atom. The highest BCUT2D eigenvalue weighted by Gasteiger charge is 2.10. The molecule has 0 amide bonds. The molecule has 2 aromatic rings. The summed E-state index contributed by atoms with van der Waals surface area (Å²) in [5.41, 5.74) is 6.18. The SMILES string of the molecule is Cc1cc(=O)c(-c2nc(N)no2)c[nH]1. The van der Waals surface area contributed by atoms with Gasteiger partial charge in [-0.25, -0.2) is 0 Å². The monoisotopic (exact) mass is 192 g/mol. The van der Waals surface area contributed by atoms with Crippen molar-refractivity contribution >= 4 is 5.95 Å². The molecule has 72 valence electrons. The number of nitrogens with one attached hydrogen (secondary N) is 1. The van der Waals surface area contributed by atoms with E-state index in [1.165, 1.54) is 12.3 Å². The van der Waals surface area contributed by atoms with Crippen molar-refractivity contribution in [2.75, 3.05) is 5.73 Å². The summed E-state index contributed by atoms with van der Waals surface area (Å²) in [5, 5.41) is 3.40. The quantitative estimate of drug-likeness (QED) is 0.677. The van der Waals surface area contributed by atoms with Gasteiger partial charge in [-0.3, -0.25) is 4.79 Å². The summed E-state index contributed by atoms with van der Waals surface area (Å²) in [6, 6.07) is 1.45. The van der Waals surface area contributed by atoms with Gasteiger partial charge in [-0.2, -0.15) is 4.98 Å². The second-order valence-corrected chi connectivity index (χ2v) is 2.85. The van der Waals surface area contributed by atoms with Crippen LogP contribution in [0.4, 0.5) is 5.95 Å². The van der Waals surface area contributed by atoms with Crippen molar-refractivity contribution in [2.45, 2.75) is 6.92 Å². The molecule has 6 nitrogen and oxygen atoms in total. The predicted molar refractivity (Wildman–Crippen MR) is 49.5 cm³/mol. The maximum absolute atomic E-state index is 11.5. The average molecular weight is 192 g/mol. The van der Waals surface area contributed by atoms with E-state index in [9.17, 15) is 4.79 Å². The van der Waals surface area contributed by atoms with Gasteiger partial charge in [0.2, 0.25) is 0 Å². The Balaban J connectivity index is 2.57. The summed E-state index contributed by atoms with van der Waals surface area (Å²) in [7, 11) is 0. The summed E-state index contributed by atoms with van der Waals surface area (Å²) >= 11 is 0. The molecule has 0 aromatic carbocycles. The van der Waals surface area contributed by atoms with Gasteiger partial charge < -0.3 is 15.2 Å². The molecule has 6 heteroatoms. The first kappa shape index (κ1) is 8.49. The zero-order chi connectivity index (χ0) is 10.1. The summed E-state index contributed by atoms with van der Waals surface area (Å²) in [6.07, 6.45) is 1.52. The van der Waals surface area contributed by atoms with Crippen LogP contribution in [0.3, 0.4) is 0 Å². The Labute approximate surface area is 78.8 Å². The van der Waals surface area contributed by atoms with E-state index >= 15 is 0 Å². The molecular formula is C8H8N4O2. The van der Waals surface area contributed by atoms with Crippen LogP contribution in [-0.4, -0.2) is 15.1 Å². The molecule has 0 aliphatic rings. The van der Waals surface area contributed by atoms with Crippen LogP contribution < -0.4 is 11.2 Å². The fraction of sp³-hybridized carbons (Fsp3) is 0.125. The third kappa shape index (κ3) is 1.37. The highest BCUT2D eigenvalue weighted by Crippen LogP contribution is 2.11. The van der Waals surface area contributed by atoms with Crippen molar-refractivity contribution in [3.63, 3.8) is 0 Å². The molecule has 0 radical (unpaired) electrons. The van der Waals surface area contributed by atoms with Gasteiger partial charge in [-0.15, -0.1) is 0 Å². The van der Waals surface area contributed by atoms with Crippen molar-refractivity contribution in [3.05, 3.63) is 28.2 Å². The average Bonchev–Trinajstić information content (AvgIpc) is 2.51. The summed E-state index contributed by atoms with van der Waals surface area (Å²) in [4.78, 5) is 18.1. The number of hydrogen-bond acceptors (Lipinski definition) is 5. The lowest BCUT2D eigenvalue weighted by atomic mass is 10.2. The molecule has 0 saturated carbocycles. The van der Waals surface area contributed by atoms with Crippen LogP contribution in [0.5, 0.6) is 0 Å². The van der Waals surface area contributed by atoms with Gasteiger partial charge in [0.25, 0.3) is 11.8 Å². The number of anilines is 1. The molecule has 0 spiro atoms. The second kappa shape index (κ2) is 2.99. The van der Waals surface area contributed by atoms with Crippen LogP contribution in [0.2, 0.25) is 0 Å². The molecule has 14 heavy (non-hydrogen) atoms. The Morgan fingerprint density at radius 3 is 2.93 bits per heavy atom. The fourth-order valence-corrected chi connectivity index (χ4v) is 1.08. The first-order valence-corrected chi connectivity index (χ1v) is 3.96. The molecular weight excluding hydrogens is 184 g/mol. The lowest BCUT2D eigenvalue weighted by Crippen LogP contribution is -2.05. The first-order valence-electron chi connectivity index (χ1n) is 3.96. The maximum atomic E-state index is 11.5.